The van der Waals surface area contributed by atoms with Gasteiger partial charge in [-0.1, -0.05) is 61.9 Å². The molecule has 0 N–H and O–H groups in total. The Morgan fingerprint density at radius 1 is 1.09 bits per heavy atom. The third kappa shape index (κ3) is 5.36. The molecule has 3 aromatic carbocycles. The predicted molar refractivity (Wildman–Crippen MR) is 127 cm³/mol. The van der Waals surface area contributed by atoms with E-state index in [1.807, 2.05) is 49.4 Å². The van der Waals surface area contributed by atoms with E-state index in [9.17, 15) is 20.2 Å². The number of rotatable bonds is 9. The summed E-state index contributed by atoms with van der Waals surface area (Å²) in [5.41, 5.74) is 3.05. The number of nitriles is 1. The molecule has 0 heterocycles. The molecule has 0 aliphatic rings. The maximum atomic E-state index is 13.1. The molecule has 0 aliphatic heterocycles. The lowest BCUT2D eigenvalue weighted by atomic mass is 9.99. The van der Waals surface area contributed by atoms with Gasteiger partial charge in [-0.3, -0.25) is 19.8 Å². The number of anilines is 1. The Bertz CT molecular complexity index is 1180. The Balaban J connectivity index is 2.00. The highest BCUT2D eigenvalue weighted by molar-refractivity contribution is 5.97. The molecular weight excluding hydrogens is 418 g/mol. The van der Waals surface area contributed by atoms with Crippen LogP contribution in [0.4, 0.5) is 11.4 Å². The topological polar surface area (TPSA) is 96.5 Å². The zero-order valence-corrected chi connectivity index (χ0v) is 18.7. The average Bonchev–Trinajstić information content (AvgIpc) is 2.85. The summed E-state index contributed by atoms with van der Waals surface area (Å²) in [7, 11) is 1.43. The summed E-state index contributed by atoms with van der Waals surface area (Å²) in [6, 6.07) is 21.6. The van der Waals surface area contributed by atoms with Crippen LogP contribution in [0.1, 0.15) is 37.3 Å². The monoisotopic (exact) mass is 443 g/mol. The van der Waals surface area contributed by atoms with Crippen LogP contribution in [0.3, 0.4) is 0 Å². The van der Waals surface area contributed by atoms with Crippen LogP contribution >= 0.6 is 0 Å². The van der Waals surface area contributed by atoms with Crippen LogP contribution in [-0.4, -0.2) is 17.9 Å². The number of nitrogens with zero attached hydrogens (tertiary/aromatic N) is 3. The molecule has 3 aromatic rings. The second kappa shape index (κ2) is 10.9. The van der Waals surface area contributed by atoms with E-state index in [4.69, 9.17) is 4.74 Å². The Morgan fingerprint density at radius 3 is 2.45 bits per heavy atom. The maximum absolute atomic E-state index is 13.1. The number of benzene rings is 3. The zero-order valence-electron chi connectivity index (χ0n) is 18.7. The van der Waals surface area contributed by atoms with Crippen molar-refractivity contribution in [2.75, 3.05) is 12.0 Å². The van der Waals surface area contributed by atoms with Gasteiger partial charge in [-0.15, -0.1) is 0 Å². The van der Waals surface area contributed by atoms with Crippen molar-refractivity contribution in [3.8, 4) is 22.9 Å². The first kappa shape index (κ1) is 23.5. The van der Waals surface area contributed by atoms with Crippen LogP contribution in [0.15, 0.2) is 66.7 Å². The van der Waals surface area contributed by atoms with Gasteiger partial charge >= 0.3 is 0 Å². The number of carbonyl (C=O) groups excluding carboxylic acids is 1. The van der Waals surface area contributed by atoms with E-state index in [-0.39, 0.29) is 36.0 Å². The number of nitro groups is 1. The molecule has 0 atom stereocenters. The van der Waals surface area contributed by atoms with Crippen molar-refractivity contribution in [3.63, 3.8) is 0 Å². The largest absolute Gasteiger partial charge is 0.494 e. The van der Waals surface area contributed by atoms with Gasteiger partial charge in [-0.25, -0.2) is 0 Å². The molecule has 0 aromatic heterocycles. The molecule has 0 bridgehead atoms. The normalized spacial score (nSPS) is 10.3. The zero-order chi connectivity index (χ0) is 23.8. The molecule has 0 fully saturated rings. The van der Waals surface area contributed by atoms with E-state index in [0.29, 0.717) is 12.0 Å². The minimum absolute atomic E-state index is 0.157. The number of methoxy groups -OCH3 is 1. The van der Waals surface area contributed by atoms with Crippen LogP contribution < -0.4 is 9.64 Å². The number of hydrogen-bond acceptors (Lipinski definition) is 5. The number of ether oxygens (including phenoxy) is 1. The summed E-state index contributed by atoms with van der Waals surface area (Å²) < 4.78 is 5.38. The minimum Gasteiger partial charge on any atom is -0.494 e. The minimum atomic E-state index is -0.500. The van der Waals surface area contributed by atoms with Crippen molar-refractivity contribution < 1.29 is 14.5 Å². The summed E-state index contributed by atoms with van der Waals surface area (Å²) >= 11 is 0. The summed E-state index contributed by atoms with van der Waals surface area (Å²) in [6.45, 7) is 2.14. The molecule has 1 amide bonds. The standard InChI is InChI=1S/C26H25N3O4/c1-3-4-12-25(30)28(26-23(29(31)32)10-7-11-24(26)33-2)18-19-13-15-20(16-14-19)22-9-6-5-8-21(22)17-27/h5-11,13-16H,3-4,12,18H2,1-2H3. The Labute approximate surface area is 193 Å². The summed E-state index contributed by atoms with van der Waals surface area (Å²) in [4.78, 5) is 25.8. The van der Waals surface area contributed by atoms with Crippen molar-refractivity contribution in [1.29, 1.82) is 5.26 Å². The molecule has 0 aliphatic carbocycles. The number of nitro benzene ring substituents is 1. The molecule has 7 nitrogen and oxygen atoms in total. The van der Waals surface area contributed by atoms with Gasteiger partial charge in [0.25, 0.3) is 5.69 Å². The first-order valence-corrected chi connectivity index (χ1v) is 10.7. The number of unbranched alkanes of at least 4 members (excludes halogenated alkanes) is 1. The second-order valence-corrected chi connectivity index (χ2v) is 7.52. The predicted octanol–water partition coefficient (Wildman–Crippen LogP) is 5.87. The Hall–Kier alpha value is -4.18. The number of carbonyl (C=O) groups is 1. The van der Waals surface area contributed by atoms with Crippen LogP contribution in [0.2, 0.25) is 0 Å². The quantitative estimate of drug-likeness (QED) is 0.304. The first-order valence-electron chi connectivity index (χ1n) is 10.7. The molecule has 0 radical (unpaired) electrons. The molecular formula is C26H25N3O4. The SMILES string of the molecule is CCCCC(=O)N(Cc1ccc(-c2ccccc2C#N)cc1)c1c(OC)cccc1[N+](=O)[O-]. The third-order valence-electron chi connectivity index (χ3n) is 5.36. The van der Waals surface area contributed by atoms with Crippen LogP contribution in [0.5, 0.6) is 5.75 Å². The molecule has 0 spiro atoms. The number of para-hydroxylation sites is 1. The van der Waals surface area contributed by atoms with Gasteiger partial charge in [0, 0.05) is 12.5 Å². The lowest BCUT2D eigenvalue weighted by molar-refractivity contribution is -0.384. The fourth-order valence-corrected chi connectivity index (χ4v) is 3.65. The van der Waals surface area contributed by atoms with Crippen LogP contribution in [-0.2, 0) is 11.3 Å². The average molecular weight is 444 g/mol. The van der Waals surface area contributed by atoms with E-state index >= 15 is 0 Å². The van der Waals surface area contributed by atoms with Gasteiger partial charge < -0.3 is 4.74 Å². The fraction of sp³-hybridized carbons (Fsp3) is 0.231. The molecule has 33 heavy (non-hydrogen) atoms. The van der Waals surface area contributed by atoms with Gasteiger partial charge in [0.2, 0.25) is 5.91 Å². The third-order valence-corrected chi connectivity index (χ3v) is 5.36. The van der Waals surface area contributed by atoms with Gasteiger partial charge in [-0.2, -0.15) is 5.26 Å². The summed E-state index contributed by atoms with van der Waals surface area (Å²) in [5.74, 6) is 0.0666. The van der Waals surface area contributed by atoms with Crippen molar-refractivity contribution in [2.45, 2.75) is 32.7 Å². The highest BCUT2D eigenvalue weighted by Gasteiger charge is 2.28. The van der Waals surface area contributed by atoms with Crippen molar-refractivity contribution in [3.05, 3.63) is 88.0 Å². The van der Waals surface area contributed by atoms with E-state index < -0.39 is 4.92 Å². The van der Waals surface area contributed by atoms with E-state index in [1.165, 1.54) is 24.1 Å². The van der Waals surface area contributed by atoms with Gasteiger partial charge in [0.15, 0.2) is 5.69 Å². The van der Waals surface area contributed by atoms with Crippen molar-refractivity contribution >= 4 is 17.3 Å². The van der Waals surface area contributed by atoms with E-state index in [1.54, 1.807) is 12.1 Å². The Kier molecular flexibility index (Phi) is 7.77. The Morgan fingerprint density at radius 2 is 1.82 bits per heavy atom. The molecule has 0 unspecified atom stereocenters. The van der Waals surface area contributed by atoms with Gasteiger partial charge in [0.05, 0.1) is 30.2 Å². The molecule has 0 saturated heterocycles. The lowest BCUT2D eigenvalue weighted by Gasteiger charge is -2.24. The molecule has 7 heteroatoms. The number of hydrogen-bond donors (Lipinski definition) is 0. The van der Waals surface area contributed by atoms with E-state index in [0.717, 1.165) is 23.1 Å². The lowest BCUT2D eigenvalue weighted by Crippen LogP contribution is -2.31. The van der Waals surface area contributed by atoms with Gasteiger partial charge in [0.1, 0.15) is 5.75 Å². The second-order valence-electron chi connectivity index (χ2n) is 7.52. The number of amides is 1. The molecule has 0 saturated carbocycles. The fourth-order valence-electron chi connectivity index (χ4n) is 3.65. The van der Waals surface area contributed by atoms with Crippen molar-refractivity contribution in [1.82, 2.24) is 0 Å². The summed E-state index contributed by atoms with van der Waals surface area (Å²) in [6.07, 6.45) is 1.79. The van der Waals surface area contributed by atoms with E-state index in [2.05, 4.69) is 6.07 Å². The molecule has 3 rings (SSSR count). The molecule has 168 valence electrons. The smallest absolute Gasteiger partial charge is 0.296 e. The van der Waals surface area contributed by atoms with Crippen LogP contribution in [0.25, 0.3) is 11.1 Å². The van der Waals surface area contributed by atoms with Crippen molar-refractivity contribution in [2.24, 2.45) is 0 Å². The van der Waals surface area contributed by atoms with Gasteiger partial charge in [-0.05, 0) is 35.2 Å². The highest BCUT2D eigenvalue weighted by Crippen LogP contribution is 2.39. The highest BCUT2D eigenvalue weighted by atomic mass is 16.6. The van der Waals surface area contributed by atoms with Crippen LogP contribution in [0, 0.1) is 21.4 Å². The maximum Gasteiger partial charge on any atom is 0.296 e. The first-order chi connectivity index (χ1) is 16.0. The summed E-state index contributed by atoms with van der Waals surface area (Å²) in [5, 5.41) is 21.1.